The average molecular weight is 314 g/mol. The summed E-state index contributed by atoms with van der Waals surface area (Å²) in [7, 11) is -1.66. The van der Waals surface area contributed by atoms with Crippen LogP contribution in [0.2, 0.25) is 0 Å². The highest BCUT2D eigenvalue weighted by molar-refractivity contribution is 7.91. The summed E-state index contributed by atoms with van der Waals surface area (Å²) in [6.07, 6.45) is 1.19. The fraction of sp³-hybridized carbons (Fsp3) is 0.462. The number of nitrogens with one attached hydrogen (secondary N) is 1. The predicted molar refractivity (Wildman–Crippen MR) is 81.3 cm³/mol. The Kier molecular flexibility index (Phi) is 3.79. The number of ether oxygens (including phenoxy) is 1. The number of sulfone groups is 1. The third-order valence-electron chi connectivity index (χ3n) is 3.26. The Morgan fingerprint density at radius 1 is 1.40 bits per heavy atom. The molecule has 0 saturated carbocycles. The molecule has 0 radical (unpaired) electrons. The smallest absolute Gasteiger partial charge is 0.178 e. The second kappa shape index (κ2) is 4.98. The van der Waals surface area contributed by atoms with Crippen LogP contribution in [0.4, 0.5) is 0 Å². The summed E-state index contributed by atoms with van der Waals surface area (Å²) in [5.74, 6) is 0. The first kappa shape index (κ1) is 15.2. The molecular formula is C13H18N2O3S2. The Labute approximate surface area is 123 Å². The first-order chi connectivity index (χ1) is 9.15. The molecule has 0 fully saturated rings. The number of nitrogens with zero attached hydrogens (tertiary/aromatic N) is 1. The van der Waals surface area contributed by atoms with Crippen molar-refractivity contribution in [2.75, 3.05) is 13.4 Å². The van der Waals surface area contributed by atoms with Crippen molar-refractivity contribution in [1.82, 2.24) is 9.55 Å². The molecule has 0 aliphatic carbocycles. The molecule has 0 saturated heterocycles. The lowest BCUT2D eigenvalue weighted by atomic mass is 10.1. The number of benzene rings is 1. The Morgan fingerprint density at radius 2 is 2.05 bits per heavy atom. The number of hydrogen-bond acceptors (Lipinski definition) is 4. The molecule has 5 nitrogen and oxygen atoms in total. The number of H-pyrrole nitrogens is 1. The van der Waals surface area contributed by atoms with E-state index in [0.717, 1.165) is 5.52 Å². The Hall–Kier alpha value is -1.18. The van der Waals surface area contributed by atoms with Crippen molar-refractivity contribution < 1.29 is 13.2 Å². The van der Waals surface area contributed by atoms with Crippen molar-refractivity contribution in [2.24, 2.45) is 0 Å². The summed E-state index contributed by atoms with van der Waals surface area (Å²) in [6.45, 7) is 4.44. The van der Waals surface area contributed by atoms with Crippen molar-refractivity contribution in [3.8, 4) is 0 Å². The van der Waals surface area contributed by atoms with E-state index >= 15 is 0 Å². The molecule has 1 aromatic heterocycles. The van der Waals surface area contributed by atoms with Crippen LogP contribution < -0.4 is 0 Å². The van der Waals surface area contributed by atoms with E-state index in [1.807, 2.05) is 24.5 Å². The molecule has 1 N–H and O–H groups in total. The van der Waals surface area contributed by atoms with Crippen molar-refractivity contribution in [3.05, 3.63) is 23.0 Å². The van der Waals surface area contributed by atoms with Crippen molar-refractivity contribution in [2.45, 2.75) is 30.9 Å². The lowest BCUT2D eigenvalue weighted by Gasteiger charge is -2.23. The van der Waals surface area contributed by atoms with Gasteiger partial charge < -0.3 is 14.3 Å². The standard InChI is InChI=1S/C13H18N2O3S2/c1-13(2,18-3)8-15-9-6-5-7-10(20(4,16)17)11(9)14-12(15)19/h5-7H,8H2,1-4H3,(H,14,19). The maximum absolute atomic E-state index is 11.8. The molecule has 2 rings (SSSR count). The first-order valence-corrected chi connectivity index (χ1v) is 8.42. The van der Waals surface area contributed by atoms with Crippen LogP contribution in [0.3, 0.4) is 0 Å². The molecule has 0 spiro atoms. The van der Waals surface area contributed by atoms with Gasteiger partial charge in [-0.1, -0.05) is 6.07 Å². The topological polar surface area (TPSA) is 64.1 Å². The lowest BCUT2D eigenvalue weighted by Crippen LogP contribution is -2.29. The predicted octanol–water partition coefficient (Wildman–Crippen LogP) is 2.53. The minimum Gasteiger partial charge on any atom is -0.377 e. The van der Waals surface area contributed by atoms with Gasteiger partial charge in [-0.3, -0.25) is 0 Å². The highest BCUT2D eigenvalue weighted by atomic mass is 32.2. The molecule has 0 aliphatic heterocycles. The second-order valence-corrected chi connectivity index (χ2v) is 7.77. The third kappa shape index (κ3) is 2.79. The number of rotatable bonds is 4. The minimum absolute atomic E-state index is 0.259. The number of imidazole rings is 1. The maximum Gasteiger partial charge on any atom is 0.178 e. The number of aromatic amines is 1. The Morgan fingerprint density at radius 3 is 2.60 bits per heavy atom. The molecule has 0 atom stereocenters. The van der Waals surface area contributed by atoms with Gasteiger partial charge in [-0.2, -0.15) is 0 Å². The summed E-state index contributed by atoms with van der Waals surface area (Å²) in [5, 5.41) is 0. The molecule has 0 unspecified atom stereocenters. The van der Waals surface area contributed by atoms with Crippen LogP contribution in [0.5, 0.6) is 0 Å². The number of hydrogen-bond donors (Lipinski definition) is 1. The fourth-order valence-electron chi connectivity index (χ4n) is 2.07. The SMILES string of the molecule is COC(C)(C)Cn1c(=S)[nH]c2c(S(C)(=O)=O)cccc21. The number of para-hydroxylation sites is 1. The second-order valence-electron chi connectivity index (χ2n) is 5.40. The fourth-order valence-corrected chi connectivity index (χ4v) is 3.18. The van der Waals surface area contributed by atoms with Gasteiger partial charge in [-0.25, -0.2) is 8.42 Å². The molecule has 0 aliphatic rings. The van der Waals surface area contributed by atoms with Gasteiger partial charge in [0.15, 0.2) is 14.6 Å². The summed E-state index contributed by atoms with van der Waals surface area (Å²) in [6, 6.07) is 5.15. The quantitative estimate of drug-likeness (QED) is 0.881. The zero-order valence-electron chi connectivity index (χ0n) is 11.9. The van der Waals surface area contributed by atoms with E-state index in [9.17, 15) is 8.42 Å². The van der Waals surface area contributed by atoms with Crippen LogP contribution in [0.1, 0.15) is 13.8 Å². The normalized spacial score (nSPS) is 13.0. The van der Waals surface area contributed by atoms with Gasteiger partial charge in [0.25, 0.3) is 0 Å². The Bertz CT molecular complexity index is 801. The molecule has 110 valence electrons. The highest BCUT2D eigenvalue weighted by Crippen LogP contribution is 2.24. The van der Waals surface area contributed by atoms with Gasteiger partial charge in [0.05, 0.1) is 28.1 Å². The number of aromatic nitrogens is 2. The van der Waals surface area contributed by atoms with Crippen LogP contribution >= 0.6 is 12.2 Å². The van der Waals surface area contributed by atoms with Crippen molar-refractivity contribution in [1.29, 1.82) is 0 Å². The van der Waals surface area contributed by atoms with Gasteiger partial charge in [-0.05, 0) is 38.2 Å². The molecule has 7 heteroatoms. The third-order valence-corrected chi connectivity index (χ3v) is 4.72. The molecule has 0 amide bonds. The summed E-state index contributed by atoms with van der Waals surface area (Å²) in [5.41, 5.74) is 0.920. The molecule has 2 aromatic rings. The van der Waals surface area contributed by atoms with E-state index in [2.05, 4.69) is 4.98 Å². The van der Waals surface area contributed by atoms with E-state index in [0.29, 0.717) is 16.8 Å². The highest BCUT2D eigenvalue weighted by Gasteiger charge is 2.21. The van der Waals surface area contributed by atoms with Crippen LogP contribution in [-0.2, 0) is 21.1 Å². The summed E-state index contributed by atoms with van der Waals surface area (Å²) < 4.78 is 31.4. The van der Waals surface area contributed by atoms with E-state index in [-0.39, 0.29) is 4.90 Å². The lowest BCUT2D eigenvalue weighted by molar-refractivity contribution is 0.00873. The Balaban J connectivity index is 2.71. The van der Waals surface area contributed by atoms with Crippen LogP contribution in [0.15, 0.2) is 23.1 Å². The molecule has 20 heavy (non-hydrogen) atoms. The summed E-state index contributed by atoms with van der Waals surface area (Å²) >= 11 is 5.31. The van der Waals surface area contributed by atoms with Gasteiger partial charge in [0.2, 0.25) is 0 Å². The zero-order chi connectivity index (χ0) is 15.1. The van der Waals surface area contributed by atoms with Gasteiger partial charge in [0, 0.05) is 13.4 Å². The van der Waals surface area contributed by atoms with E-state index < -0.39 is 15.4 Å². The van der Waals surface area contributed by atoms with Gasteiger partial charge in [0.1, 0.15) is 0 Å². The number of methoxy groups -OCH3 is 1. The van der Waals surface area contributed by atoms with E-state index in [1.54, 1.807) is 19.2 Å². The zero-order valence-corrected chi connectivity index (χ0v) is 13.6. The number of fused-ring (bicyclic) bond motifs is 1. The molecular weight excluding hydrogens is 296 g/mol. The van der Waals surface area contributed by atoms with E-state index in [1.165, 1.54) is 6.26 Å². The largest absolute Gasteiger partial charge is 0.377 e. The van der Waals surface area contributed by atoms with Crippen LogP contribution in [-0.4, -0.2) is 36.9 Å². The average Bonchev–Trinajstić information content (AvgIpc) is 2.64. The van der Waals surface area contributed by atoms with Crippen molar-refractivity contribution >= 4 is 33.1 Å². The molecule has 0 bridgehead atoms. The van der Waals surface area contributed by atoms with Crippen LogP contribution in [0.25, 0.3) is 11.0 Å². The molecule has 1 heterocycles. The van der Waals surface area contributed by atoms with Gasteiger partial charge in [-0.15, -0.1) is 0 Å². The first-order valence-electron chi connectivity index (χ1n) is 6.12. The minimum atomic E-state index is -3.30. The summed E-state index contributed by atoms with van der Waals surface area (Å²) in [4.78, 5) is 3.25. The maximum atomic E-state index is 11.8. The van der Waals surface area contributed by atoms with E-state index in [4.69, 9.17) is 17.0 Å². The monoisotopic (exact) mass is 314 g/mol. The van der Waals surface area contributed by atoms with Crippen molar-refractivity contribution in [3.63, 3.8) is 0 Å². The van der Waals surface area contributed by atoms with Crippen LogP contribution in [0, 0.1) is 4.77 Å². The van der Waals surface area contributed by atoms with Gasteiger partial charge >= 0.3 is 0 Å². The molecule has 1 aromatic carbocycles.